The van der Waals surface area contributed by atoms with E-state index < -0.39 is 11.8 Å². The second kappa shape index (κ2) is 10.0. The van der Waals surface area contributed by atoms with Crippen LogP contribution >= 0.6 is 0 Å². The van der Waals surface area contributed by atoms with Crippen LogP contribution in [0.1, 0.15) is 30.0 Å². The van der Waals surface area contributed by atoms with Crippen molar-refractivity contribution >= 4 is 23.2 Å². The Morgan fingerprint density at radius 2 is 1.84 bits per heavy atom. The molecule has 2 aliphatic heterocycles. The highest BCUT2D eigenvalue weighted by Gasteiger charge is 2.28. The van der Waals surface area contributed by atoms with Crippen LogP contribution < -0.4 is 20.4 Å². The van der Waals surface area contributed by atoms with Crippen LogP contribution in [-0.2, 0) is 20.7 Å². The third kappa shape index (κ3) is 5.05. The molecule has 2 atom stereocenters. The molecule has 4 rings (SSSR count). The highest BCUT2D eigenvalue weighted by Crippen LogP contribution is 2.35. The zero-order valence-electron chi connectivity index (χ0n) is 18.8. The summed E-state index contributed by atoms with van der Waals surface area (Å²) in [5.41, 5.74) is 4.72. The molecule has 0 saturated carbocycles. The van der Waals surface area contributed by atoms with E-state index in [0.29, 0.717) is 13.1 Å². The summed E-state index contributed by atoms with van der Waals surface area (Å²) in [6.07, 6.45) is 2.90. The topological polar surface area (TPSA) is 73.9 Å². The largest absolute Gasteiger partial charge is 0.378 e. The fourth-order valence-corrected chi connectivity index (χ4v) is 4.45. The molecular formula is C25H32N4O3. The van der Waals surface area contributed by atoms with Crippen molar-refractivity contribution in [3.63, 3.8) is 0 Å². The first kappa shape index (κ1) is 22.1. The number of nitrogens with zero attached hydrogens (tertiary/aromatic N) is 2. The number of hydrogen-bond donors (Lipinski definition) is 2. The lowest BCUT2D eigenvalue weighted by molar-refractivity contribution is -0.139. The van der Waals surface area contributed by atoms with Crippen LogP contribution in [0.5, 0.6) is 0 Å². The molecule has 0 spiro atoms. The first-order valence-corrected chi connectivity index (χ1v) is 11.3. The average Bonchev–Trinajstić information content (AvgIpc) is 3.48. The number of hydrogen-bond acceptors (Lipinski definition) is 5. The van der Waals surface area contributed by atoms with E-state index in [-0.39, 0.29) is 12.1 Å². The molecule has 0 bridgehead atoms. The molecule has 0 aliphatic carbocycles. The third-order valence-electron chi connectivity index (χ3n) is 6.27. The molecule has 2 aromatic carbocycles. The van der Waals surface area contributed by atoms with Crippen LogP contribution in [0.4, 0.5) is 11.4 Å². The van der Waals surface area contributed by atoms with Gasteiger partial charge in [0.1, 0.15) is 0 Å². The standard InChI is InChI=1S/C25H32N4O3/c1-28(2)20-11-9-19(10-12-20)23(29-14-13-18-6-3-4-8-22(18)29)17-27-25(31)24(30)26-16-21-7-5-15-32-21/h3-4,6,8-12,21,23H,5,7,13-17H2,1-2H3,(H,26,30)(H,27,31)/t21-,23+/m1/s1. The number of fused-ring (bicyclic) bond motifs is 1. The molecule has 0 radical (unpaired) electrons. The van der Waals surface area contributed by atoms with Gasteiger partial charge in [0.2, 0.25) is 0 Å². The van der Waals surface area contributed by atoms with Crippen molar-refractivity contribution in [2.45, 2.75) is 31.4 Å². The Kier molecular flexibility index (Phi) is 6.95. The van der Waals surface area contributed by atoms with E-state index in [9.17, 15) is 9.59 Å². The van der Waals surface area contributed by atoms with Crippen LogP contribution in [0.3, 0.4) is 0 Å². The maximum absolute atomic E-state index is 12.5. The number of ether oxygens (including phenoxy) is 1. The maximum Gasteiger partial charge on any atom is 0.309 e. The number of nitrogens with one attached hydrogen (secondary N) is 2. The van der Waals surface area contributed by atoms with Crippen molar-refractivity contribution in [2.75, 3.05) is 50.1 Å². The summed E-state index contributed by atoms with van der Waals surface area (Å²) >= 11 is 0. The van der Waals surface area contributed by atoms with Gasteiger partial charge in [-0.15, -0.1) is 0 Å². The molecule has 32 heavy (non-hydrogen) atoms. The number of para-hydroxylation sites is 1. The number of amides is 2. The fraction of sp³-hybridized carbons (Fsp3) is 0.440. The normalized spacial score (nSPS) is 18.2. The molecule has 170 valence electrons. The van der Waals surface area contributed by atoms with E-state index in [1.54, 1.807) is 0 Å². The quantitative estimate of drug-likeness (QED) is 0.652. The summed E-state index contributed by atoms with van der Waals surface area (Å²) in [5, 5.41) is 5.56. The van der Waals surface area contributed by atoms with E-state index in [0.717, 1.165) is 43.7 Å². The molecule has 0 aromatic heterocycles. The van der Waals surface area contributed by atoms with E-state index in [2.05, 4.69) is 62.9 Å². The predicted molar refractivity (Wildman–Crippen MR) is 126 cm³/mol. The van der Waals surface area contributed by atoms with Gasteiger partial charge in [-0.3, -0.25) is 9.59 Å². The minimum atomic E-state index is -0.607. The number of rotatable bonds is 7. The van der Waals surface area contributed by atoms with Crippen molar-refractivity contribution in [1.82, 2.24) is 10.6 Å². The van der Waals surface area contributed by atoms with Gasteiger partial charge < -0.3 is 25.2 Å². The average molecular weight is 437 g/mol. The minimum absolute atomic E-state index is 0.0100. The molecule has 7 heteroatoms. The van der Waals surface area contributed by atoms with Gasteiger partial charge in [-0.2, -0.15) is 0 Å². The molecule has 2 aliphatic rings. The summed E-state index contributed by atoms with van der Waals surface area (Å²) in [4.78, 5) is 29.2. The van der Waals surface area contributed by atoms with Crippen LogP contribution in [-0.4, -0.2) is 58.3 Å². The van der Waals surface area contributed by atoms with Crippen molar-refractivity contribution in [2.24, 2.45) is 0 Å². The van der Waals surface area contributed by atoms with Gasteiger partial charge in [0.15, 0.2) is 0 Å². The molecule has 0 unspecified atom stereocenters. The Bertz CT molecular complexity index is 938. The van der Waals surface area contributed by atoms with Crippen molar-refractivity contribution in [1.29, 1.82) is 0 Å². The van der Waals surface area contributed by atoms with Crippen LogP contribution in [0, 0.1) is 0 Å². The zero-order valence-corrected chi connectivity index (χ0v) is 18.8. The van der Waals surface area contributed by atoms with Crippen molar-refractivity contribution < 1.29 is 14.3 Å². The van der Waals surface area contributed by atoms with E-state index >= 15 is 0 Å². The monoisotopic (exact) mass is 436 g/mol. The lowest BCUT2D eigenvalue weighted by Crippen LogP contribution is -2.45. The summed E-state index contributed by atoms with van der Waals surface area (Å²) in [6.45, 7) is 2.32. The van der Waals surface area contributed by atoms with Crippen molar-refractivity contribution in [3.8, 4) is 0 Å². The van der Waals surface area contributed by atoms with Crippen LogP contribution in [0.15, 0.2) is 48.5 Å². The van der Waals surface area contributed by atoms with Crippen LogP contribution in [0.25, 0.3) is 0 Å². The number of benzene rings is 2. The van der Waals surface area contributed by atoms with Crippen molar-refractivity contribution in [3.05, 3.63) is 59.7 Å². The van der Waals surface area contributed by atoms with Gasteiger partial charge in [0.05, 0.1) is 12.1 Å². The summed E-state index contributed by atoms with van der Waals surface area (Å²) in [5.74, 6) is -1.21. The Labute approximate surface area is 189 Å². The number of carbonyl (C=O) groups excluding carboxylic acids is 2. The Hall–Kier alpha value is -3.06. The Morgan fingerprint density at radius 3 is 2.56 bits per heavy atom. The summed E-state index contributed by atoms with van der Waals surface area (Å²) in [7, 11) is 4.03. The number of anilines is 2. The first-order chi connectivity index (χ1) is 15.5. The summed E-state index contributed by atoms with van der Waals surface area (Å²) in [6, 6.07) is 16.7. The second-order valence-electron chi connectivity index (χ2n) is 8.63. The highest BCUT2D eigenvalue weighted by atomic mass is 16.5. The molecule has 2 heterocycles. The second-order valence-corrected chi connectivity index (χ2v) is 8.63. The van der Waals surface area contributed by atoms with Gasteiger partial charge in [-0.1, -0.05) is 30.3 Å². The van der Waals surface area contributed by atoms with Gasteiger partial charge in [-0.25, -0.2) is 0 Å². The number of carbonyl (C=O) groups is 2. The predicted octanol–water partition coefficient (Wildman–Crippen LogP) is 2.27. The lowest BCUT2D eigenvalue weighted by Gasteiger charge is -2.31. The van der Waals surface area contributed by atoms with E-state index in [1.165, 1.54) is 11.3 Å². The Morgan fingerprint density at radius 1 is 1.09 bits per heavy atom. The lowest BCUT2D eigenvalue weighted by atomic mass is 10.0. The molecule has 7 nitrogen and oxygen atoms in total. The highest BCUT2D eigenvalue weighted by molar-refractivity contribution is 6.35. The molecule has 2 N–H and O–H groups in total. The van der Waals surface area contributed by atoms with E-state index in [1.807, 2.05) is 20.2 Å². The fourth-order valence-electron chi connectivity index (χ4n) is 4.45. The third-order valence-corrected chi connectivity index (χ3v) is 6.27. The first-order valence-electron chi connectivity index (χ1n) is 11.3. The molecule has 1 fully saturated rings. The SMILES string of the molecule is CN(C)c1ccc([C@H](CNC(=O)C(=O)NC[C@H]2CCCO2)N2CCc3ccccc32)cc1. The Balaban J connectivity index is 1.45. The van der Waals surface area contributed by atoms with E-state index in [4.69, 9.17) is 4.74 Å². The van der Waals surface area contributed by atoms with Gasteiger partial charge in [0.25, 0.3) is 0 Å². The van der Waals surface area contributed by atoms with Crippen LogP contribution in [0.2, 0.25) is 0 Å². The smallest absolute Gasteiger partial charge is 0.309 e. The van der Waals surface area contributed by atoms with Gasteiger partial charge in [0, 0.05) is 51.7 Å². The molecular weight excluding hydrogens is 404 g/mol. The molecule has 2 amide bonds. The summed E-state index contributed by atoms with van der Waals surface area (Å²) < 4.78 is 5.51. The molecule has 2 aromatic rings. The molecule has 1 saturated heterocycles. The maximum atomic E-state index is 12.5. The zero-order chi connectivity index (χ0) is 22.5. The van der Waals surface area contributed by atoms with Gasteiger partial charge in [-0.05, 0) is 48.6 Å². The minimum Gasteiger partial charge on any atom is -0.378 e. The van der Waals surface area contributed by atoms with Gasteiger partial charge >= 0.3 is 11.8 Å².